The van der Waals surface area contributed by atoms with E-state index in [1.54, 1.807) is 24.3 Å². The lowest BCUT2D eigenvalue weighted by molar-refractivity contribution is -0.144. The third-order valence-corrected chi connectivity index (χ3v) is 3.50. The van der Waals surface area contributed by atoms with Gasteiger partial charge in [-0.1, -0.05) is 12.1 Å². The van der Waals surface area contributed by atoms with Crippen LogP contribution in [0.1, 0.15) is 25.5 Å². The Morgan fingerprint density at radius 3 is 2.35 bits per heavy atom. The lowest BCUT2D eigenvalue weighted by Crippen LogP contribution is -2.35. The maximum Gasteiger partial charge on any atom is 0.323 e. The molecule has 2 N–H and O–H groups in total. The Morgan fingerprint density at radius 2 is 1.87 bits per heavy atom. The van der Waals surface area contributed by atoms with Crippen LogP contribution in [0.15, 0.2) is 35.6 Å². The number of hydrogen-bond acceptors (Lipinski definition) is 5. The summed E-state index contributed by atoms with van der Waals surface area (Å²) in [6.45, 7) is 2.95. The van der Waals surface area contributed by atoms with Gasteiger partial charge in [-0.15, -0.1) is 0 Å². The van der Waals surface area contributed by atoms with Crippen molar-refractivity contribution in [3.63, 3.8) is 0 Å². The van der Waals surface area contributed by atoms with E-state index in [2.05, 4.69) is 0 Å². The van der Waals surface area contributed by atoms with Gasteiger partial charge in [-0.25, -0.2) is 0 Å². The lowest BCUT2D eigenvalue weighted by atomic mass is 9.96. The number of carboxylic acid groups (broad SMARTS) is 1. The van der Waals surface area contributed by atoms with Gasteiger partial charge < -0.3 is 19.8 Å². The van der Waals surface area contributed by atoms with E-state index in [1.807, 2.05) is 6.92 Å². The van der Waals surface area contributed by atoms with Gasteiger partial charge in [-0.2, -0.15) is 0 Å². The molecule has 1 aliphatic heterocycles. The summed E-state index contributed by atoms with van der Waals surface area (Å²) in [5.74, 6) is -2.66. The molecule has 0 radical (unpaired) electrons. The van der Waals surface area contributed by atoms with Crippen LogP contribution >= 0.6 is 0 Å². The lowest BCUT2D eigenvalue weighted by Gasteiger charge is -2.25. The summed E-state index contributed by atoms with van der Waals surface area (Å²) in [6, 6.07) is 5.68. The first-order chi connectivity index (χ1) is 10.9. The highest BCUT2D eigenvalue weighted by molar-refractivity contribution is 6.08. The molecular formula is C16H17NO6. The summed E-state index contributed by atoms with van der Waals surface area (Å²) in [7, 11) is 0. The number of aliphatic hydroxyl groups excluding tert-OH is 1. The number of carbonyl (C=O) groups is 3. The number of hydrogen-bond donors (Lipinski definition) is 2. The molecule has 1 aliphatic rings. The number of Topliss-reactive ketones (excluding diaryl/α,β-unsaturated/α-hetero) is 1. The second-order valence-electron chi connectivity index (χ2n) is 5.05. The molecule has 1 aromatic rings. The van der Waals surface area contributed by atoms with E-state index in [0.29, 0.717) is 17.9 Å². The Hall–Kier alpha value is -2.83. The Kier molecular flexibility index (Phi) is 4.68. The van der Waals surface area contributed by atoms with Gasteiger partial charge in [0.15, 0.2) is 11.5 Å². The largest absolute Gasteiger partial charge is 0.503 e. The maximum absolute atomic E-state index is 12.1. The van der Waals surface area contributed by atoms with E-state index in [-0.39, 0.29) is 5.57 Å². The Morgan fingerprint density at radius 1 is 1.26 bits per heavy atom. The van der Waals surface area contributed by atoms with Crippen molar-refractivity contribution in [3.8, 4) is 5.75 Å². The molecule has 23 heavy (non-hydrogen) atoms. The predicted octanol–water partition coefficient (Wildman–Crippen LogP) is 1.45. The van der Waals surface area contributed by atoms with Crippen molar-refractivity contribution in [2.24, 2.45) is 0 Å². The van der Waals surface area contributed by atoms with Crippen LogP contribution in [-0.4, -0.2) is 45.9 Å². The second-order valence-corrected chi connectivity index (χ2v) is 5.05. The number of aliphatic carboxylic acids is 1. The first kappa shape index (κ1) is 16.5. The monoisotopic (exact) mass is 319 g/mol. The molecule has 7 heteroatoms. The van der Waals surface area contributed by atoms with Gasteiger partial charge in [0.2, 0.25) is 0 Å². The minimum Gasteiger partial charge on any atom is -0.503 e. The Labute approximate surface area is 132 Å². The molecule has 1 atom stereocenters. The average Bonchev–Trinajstić information content (AvgIpc) is 2.73. The molecule has 7 nitrogen and oxygen atoms in total. The van der Waals surface area contributed by atoms with Crippen LogP contribution in [-0.2, 0) is 14.4 Å². The van der Waals surface area contributed by atoms with Crippen LogP contribution < -0.4 is 4.74 Å². The number of ketones is 1. The van der Waals surface area contributed by atoms with Crippen molar-refractivity contribution in [1.82, 2.24) is 4.90 Å². The summed E-state index contributed by atoms with van der Waals surface area (Å²) in [4.78, 5) is 35.9. The zero-order chi connectivity index (χ0) is 17.1. The van der Waals surface area contributed by atoms with E-state index in [1.165, 1.54) is 6.92 Å². The van der Waals surface area contributed by atoms with Crippen molar-refractivity contribution in [2.45, 2.75) is 19.9 Å². The standard InChI is InChI=1S/C16H17NO6/c1-3-23-11-6-4-10(5-7-11)14-13(9(2)18)15(21)16(22)17(14)8-12(19)20/h4-7,14,21H,3,8H2,1-2H3,(H,19,20). The van der Waals surface area contributed by atoms with Crippen LogP contribution in [0, 0.1) is 0 Å². The van der Waals surface area contributed by atoms with Gasteiger partial charge in [0, 0.05) is 0 Å². The van der Waals surface area contributed by atoms with Gasteiger partial charge in [-0.3, -0.25) is 14.4 Å². The molecule has 122 valence electrons. The molecule has 2 rings (SSSR count). The fourth-order valence-electron chi connectivity index (χ4n) is 2.58. The minimum atomic E-state index is -1.23. The predicted molar refractivity (Wildman–Crippen MR) is 80.0 cm³/mol. The summed E-state index contributed by atoms with van der Waals surface area (Å²) in [5.41, 5.74) is 0.428. The molecule has 1 unspecified atom stereocenters. The molecule has 0 fully saturated rings. The number of rotatable bonds is 6. The molecule has 1 amide bonds. The van der Waals surface area contributed by atoms with E-state index >= 15 is 0 Å². The van der Waals surface area contributed by atoms with Crippen molar-refractivity contribution in [2.75, 3.05) is 13.2 Å². The third-order valence-electron chi connectivity index (χ3n) is 3.50. The first-order valence-corrected chi connectivity index (χ1v) is 7.06. The van der Waals surface area contributed by atoms with Crippen LogP contribution in [0.5, 0.6) is 5.75 Å². The molecule has 0 saturated carbocycles. The molecule has 1 aromatic carbocycles. The van der Waals surface area contributed by atoms with E-state index < -0.39 is 36.0 Å². The Bertz CT molecular complexity index is 676. The first-order valence-electron chi connectivity index (χ1n) is 7.06. The zero-order valence-electron chi connectivity index (χ0n) is 12.8. The molecule has 0 saturated heterocycles. The third kappa shape index (κ3) is 3.18. The SMILES string of the molecule is CCOc1ccc(C2C(C(C)=O)=C(O)C(=O)N2CC(=O)O)cc1. The van der Waals surface area contributed by atoms with Crippen molar-refractivity contribution >= 4 is 17.7 Å². The fraction of sp³-hybridized carbons (Fsp3) is 0.312. The molecule has 0 aromatic heterocycles. The number of amides is 1. The molecule has 0 aliphatic carbocycles. The molecule has 0 spiro atoms. The molecule has 1 heterocycles. The van der Waals surface area contributed by atoms with Crippen molar-refractivity contribution in [1.29, 1.82) is 0 Å². The highest BCUT2D eigenvalue weighted by Gasteiger charge is 2.43. The van der Waals surface area contributed by atoms with Gasteiger partial charge >= 0.3 is 5.97 Å². The van der Waals surface area contributed by atoms with Gasteiger partial charge in [0.25, 0.3) is 5.91 Å². The topological polar surface area (TPSA) is 104 Å². The number of carboxylic acids is 1. The van der Waals surface area contributed by atoms with Crippen LogP contribution in [0.4, 0.5) is 0 Å². The summed E-state index contributed by atoms with van der Waals surface area (Å²) < 4.78 is 5.33. The number of ether oxygens (including phenoxy) is 1. The van der Waals surface area contributed by atoms with Crippen molar-refractivity contribution in [3.05, 3.63) is 41.2 Å². The highest BCUT2D eigenvalue weighted by Crippen LogP contribution is 2.37. The minimum absolute atomic E-state index is 0.0968. The highest BCUT2D eigenvalue weighted by atomic mass is 16.5. The van der Waals surface area contributed by atoms with Crippen LogP contribution in [0.25, 0.3) is 0 Å². The van der Waals surface area contributed by atoms with Gasteiger partial charge in [-0.05, 0) is 31.5 Å². The van der Waals surface area contributed by atoms with Crippen LogP contribution in [0.2, 0.25) is 0 Å². The van der Waals surface area contributed by atoms with Gasteiger partial charge in [0.1, 0.15) is 12.3 Å². The van der Waals surface area contributed by atoms with Gasteiger partial charge in [0.05, 0.1) is 18.2 Å². The zero-order valence-corrected chi connectivity index (χ0v) is 12.8. The molecular weight excluding hydrogens is 302 g/mol. The Balaban J connectivity index is 2.45. The average molecular weight is 319 g/mol. The summed E-state index contributed by atoms with van der Waals surface area (Å²) in [6.07, 6.45) is 0. The quantitative estimate of drug-likeness (QED) is 0.822. The van der Waals surface area contributed by atoms with E-state index in [4.69, 9.17) is 9.84 Å². The number of aliphatic hydroxyl groups is 1. The molecule has 0 bridgehead atoms. The fourth-order valence-corrected chi connectivity index (χ4v) is 2.58. The summed E-state index contributed by atoms with van der Waals surface area (Å²) >= 11 is 0. The smallest absolute Gasteiger partial charge is 0.323 e. The normalized spacial score (nSPS) is 17.6. The van der Waals surface area contributed by atoms with E-state index in [9.17, 15) is 19.5 Å². The van der Waals surface area contributed by atoms with E-state index in [0.717, 1.165) is 4.90 Å². The number of nitrogens with zero attached hydrogens (tertiary/aromatic N) is 1. The van der Waals surface area contributed by atoms with Crippen molar-refractivity contribution < 1.29 is 29.3 Å². The number of benzene rings is 1. The number of carbonyl (C=O) groups excluding carboxylic acids is 2. The van der Waals surface area contributed by atoms with Crippen LogP contribution in [0.3, 0.4) is 0 Å². The second kappa shape index (κ2) is 6.51. The maximum atomic E-state index is 12.1. The summed E-state index contributed by atoms with van der Waals surface area (Å²) in [5, 5.41) is 18.9.